The number of hydrogen-bond acceptors (Lipinski definition) is 3. The molecule has 2 rings (SSSR count). The third kappa shape index (κ3) is 2.92. The van der Waals surface area contributed by atoms with Crippen LogP contribution >= 0.6 is 0 Å². The largest absolute Gasteiger partial charge is 0.399 e. The van der Waals surface area contributed by atoms with Crippen molar-refractivity contribution in [3.05, 3.63) is 23.8 Å². The summed E-state index contributed by atoms with van der Waals surface area (Å²) >= 11 is 0. The Labute approximate surface area is 115 Å². The Morgan fingerprint density at radius 3 is 2.53 bits per heavy atom. The smallest absolute Gasteiger partial charge is 0.240 e. The van der Waals surface area contributed by atoms with Gasteiger partial charge in [0.15, 0.2) is 0 Å². The zero-order valence-electron chi connectivity index (χ0n) is 11.6. The highest BCUT2D eigenvalue weighted by molar-refractivity contribution is 7.89. The number of sulfonamides is 1. The first-order valence-electron chi connectivity index (χ1n) is 6.74. The van der Waals surface area contributed by atoms with Crippen LogP contribution in [0.2, 0.25) is 0 Å². The second kappa shape index (κ2) is 5.13. The van der Waals surface area contributed by atoms with Crippen LogP contribution in [-0.4, -0.2) is 15.0 Å². The van der Waals surface area contributed by atoms with Crippen molar-refractivity contribution in [2.75, 3.05) is 12.3 Å². The van der Waals surface area contributed by atoms with Gasteiger partial charge in [0, 0.05) is 12.2 Å². The lowest BCUT2D eigenvalue weighted by molar-refractivity contribution is 0.133. The molecule has 5 heteroatoms. The Hall–Kier alpha value is -1.07. The first-order valence-corrected chi connectivity index (χ1v) is 8.23. The second-order valence-corrected chi connectivity index (χ2v) is 7.29. The van der Waals surface area contributed by atoms with E-state index in [0.717, 1.165) is 19.3 Å². The van der Waals surface area contributed by atoms with Crippen molar-refractivity contribution in [1.82, 2.24) is 4.72 Å². The van der Waals surface area contributed by atoms with Crippen molar-refractivity contribution < 1.29 is 8.42 Å². The van der Waals surface area contributed by atoms with E-state index in [-0.39, 0.29) is 5.41 Å². The van der Waals surface area contributed by atoms with Crippen molar-refractivity contribution in [2.24, 2.45) is 5.41 Å². The van der Waals surface area contributed by atoms with Crippen molar-refractivity contribution in [3.63, 3.8) is 0 Å². The molecule has 0 radical (unpaired) electrons. The molecule has 0 atom stereocenters. The molecular formula is C14H22N2O2S. The molecule has 0 heterocycles. The predicted molar refractivity (Wildman–Crippen MR) is 77.4 cm³/mol. The van der Waals surface area contributed by atoms with Gasteiger partial charge in [-0.05, 0) is 55.4 Å². The molecule has 1 saturated carbocycles. The van der Waals surface area contributed by atoms with Crippen LogP contribution in [0.4, 0.5) is 5.69 Å². The summed E-state index contributed by atoms with van der Waals surface area (Å²) in [6.07, 6.45) is 4.46. The summed E-state index contributed by atoms with van der Waals surface area (Å²) in [5, 5.41) is 0. The number of benzene rings is 1. The molecule has 1 aliphatic rings. The highest BCUT2D eigenvalue weighted by Gasteiger charge is 2.36. The van der Waals surface area contributed by atoms with Crippen LogP contribution in [0.5, 0.6) is 0 Å². The molecule has 19 heavy (non-hydrogen) atoms. The van der Waals surface area contributed by atoms with E-state index in [1.807, 2.05) is 0 Å². The highest BCUT2D eigenvalue weighted by atomic mass is 32.2. The zero-order valence-corrected chi connectivity index (χ0v) is 12.4. The van der Waals surface area contributed by atoms with Gasteiger partial charge in [-0.25, -0.2) is 13.1 Å². The van der Waals surface area contributed by atoms with Crippen LogP contribution in [0.3, 0.4) is 0 Å². The molecule has 1 aromatic carbocycles. The molecule has 1 fully saturated rings. The van der Waals surface area contributed by atoms with Crippen LogP contribution in [-0.2, 0) is 10.0 Å². The van der Waals surface area contributed by atoms with Crippen molar-refractivity contribution in [2.45, 2.75) is 44.4 Å². The molecule has 0 amide bonds. The van der Waals surface area contributed by atoms with Crippen LogP contribution in [0.1, 0.15) is 38.2 Å². The zero-order chi connectivity index (χ0) is 14.1. The predicted octanol–water partition coefficient (Wildman–Crippen LogP) is 2.44. The van der Waals surface area contributed by atoms with E-state index in [0.29, 0.717) is 22.7 Å². The minimum Gasteiger partial charge on any atom is -0.399 e. The molecule has 0 unspecified atom stereocenters. The van der Waals surface area contributed by atoms with Gasteiger partial charge < -0.3 is 5.73 Å². The van der Waals surface area contributed by atoms with Crippen LogP contribution < -0.4 is 10.5 Å². The molecule has 4 nitrogen and oxygen atoms in total. The van der Waals surface area contributed by atoms with Gasteiger partial charge in [0.05, 0.1) is 4.90 Å². The fourth-order valence-corrected chi connectivity index (χ4v) is 4.01. The van der Waals surface area contributed by atoms with Gasteiger partial charge in [0.2, 0.25) is 10.0 Å². The third-order valence-corrected chi connectivity index (χ3v) is 5.85. The molecular weight excluding hydrogens is 260 g/mol. The summed E-state index contributed by atoms with van der Waals surface area (Å²) in [5.41, 5.74) is 7.10. The standard InChI is InChI=1S/C14H22N2O2S/c1-3-14(7-4-8-14)10-16-19(17,18)13-6-5-12(15)9-11(13)2/h5-6,9,16H,3-4,7-8,10,15H2,1-2H3. The number of nitrogens with two attached hydrogens (primary N) is 1. The Morgan fingerprint density at radius 2 is 2.05 bits per heavy atom. The van der Waals surface area contributed by atoms with Gasteiger partial charge in [-0.2, -0.15) is 0 Å². The van der Waals surface area contributed by atoms with Gasteiger partial charge in [0.25, 0.3) is 0 Å². The fraction of sp³-hybridized carbons (Fsp3) is 0.571. The number of anilines is 1. The number of nitrogen functional groups attached to an aromatic ring is 1. The number of nitrogens with one attached hydrogen (secondary N) is 1. The van der Waals surface area contributed by atoms with E-state index < -0.39 is 10.0 Å². The monoisotopic (exact) mass is 282 g/mol. The highest BCUT2D eigenvalue weighted by Crippen LogP contribution is 2.43. The van der Waals surface area contributed by atoms with Crippen LogP contribution in [0.25, 0.3) is 0 Å². The molecule has 3 N–H and O–H groups in total. The van der Waals surface area contributed by atoms with Gasteiger partial charge in [-0.1, -0.05) is 13.3 Å². The lowest BCUT2D eigenvalue weighted by Crippen LogP contribution is -2.41. The maximum atomic E-state index is 12.3. The van der Waals surface area contributed by atoms with E-state index in [9.17, 15) is 8.42 Å². The summed E-state index contributed by atoms with van der Waals surface area (Å²) in [6, 6.07) is 4.89. The normalized spacial score (nSPS) is 18.0. The number of rotatable bonds is 5. The minimum absolute atomic E-state index is 0.175. The Morgan fingerprint density at radius 1 is 1.37 bits per heavy atom. The van der Waals surface area contributed by atoms with E-state index in [2.05, 4.69) is 11.6 Å². The molecule has 0 aromatic heterocycles. The fourth-order valence-electron chi connectivity index (χ4n) is 2.63. The Bertz CT molecular complexity index is 557. The molecule has 0 aliphatic heterocycles. The Kier molecular flexibility index (Phi) is 3.87. The average Bonchev–Trinajstić information content (AvgIpc) is 2.27. The topological polar surface area (TPSA) is 72.2 Å². The first kappa shape index (κ1) is 14.3. The van der Waals surface area contributed by atoms with Crippen LogP contribution in [0.15, 0.2) is 23.1 Å². The summed E-state index contributed by atoms with van der Waals surface area (Å²) in [7, 11) is -3.43. The maximum Gasteiger partial charge on any atom is 0.240 e. The molecule has 0 saturated heterocycles. The lowest BCUT2D eigenvalue weighted by Gasteiger charge is -2.41. The number of aryl methyl sites for hydroxylation is 1. The van der Waals surface area contributed by atoms with E-state index in [1.54, 1.807) is 25.1 Å². The molecule has 0 spiro atoms. The SMILES string of the molecule is CCC1(CNS(=O)(=O)c2ccc(N)cc2C)CCC1. The third-order valence-electron chi connectivity index (χ3n) is 4.29. The van der Waals surface area contributed by atoms with Gasteiger partial charge in [-0.3, -0.25) is 0 Å². The second-order valence-electron chi connectivity index (χ2n) is 5.56. The molecule has 1 aliphatic carbocycles. The minimum atomic E-state index is -3.43. The number of hydrogen-bond donors (Lipinski definition) is 2. The van der Waals surface area contributed by atoms with Crippen molar-refractivity contribution >= 4 is 15.7 Å². The van der Waals surface area contributed by atoms with E-state index in [1.165, 1.54) is 6.42 Å². The summed E-state index contributed by atoms with van der Waals surface area (Å²) in [5.74, 6) is 0. The van der Waals surface area contributed by atoms with Gasteiger partial charge in [0.1, 0.15) is 0 Å². The average molecular weight is 282 g/mol. The van der Waals surface area contributed by atoms with E-state index in [4.69, 9.17) is 5.73 Å². The molecule has 1 aromatic rings. The van der Waals surface area contributed by atoms with Crippen molar-refractivity contribution in [3.8, 4) is 0 Å². The molecule has 106 valence electrons. The van der Waals surface area contributed by atoms with Gasteiger partial charge in [-0.15, -0.1) is 0 Å². The summed E-state index contributed by atoms with van der Waals surface area (Å²) < 4.78 is 27.4. The van der Waals surface area contributed by atoms with E-state index >= 15 is 0 Å². The Balaban J connectivity index is 2.14. The first-order chi connectivity index (χ1) is 8.88. The quantitative estimate of drug-likeness (QED) is 0.815. The van der Waals surface area contributed by atoms with Crippen molar-refractivity contribution in [1.29, 1.82) is 0 Å². The van der Waals surface area contributed by atoms with Crippen LogP contribution in [0, 0.1) is 12.3 Å². The lowest BCUT2D eigenvalue weighted by atomic mass is 9.67. The summed E-state index contributed by atoms with van der Waals surface area (Å²) in [4.78, 5) is 0.326. The van der Waals surface area contributed by atoms with Gasteiger partial charge >= 0.3 is 0 Å². The maximum absolute atomic E-state index is 12.3. The molecule has 0 bridgehead atoms. The summed E-state index contributed by atoms with van der Waals surface area (Å²) in [6.45, 7) is 4.43.